The Kier molecular flexibility index (Phi) is 4.04. The summed E-state index contributed by atoms with van der Waals surface area (Å²) in [4.78, 5) is 25.3. The van der Waals surface area contributed by atoms with E-state index in [1.165, 1.54) is 7.11 Å². The zero-order valence-electron chi connectivity index (χ0n) is 11.1. The summed E-state index contributed by atoms with van der Waals surface area (Å²) in [6.07, 6.45) is 1.30. The summed E-state index contributed by atoms with van der Waals surface area (Å²) in [6, 6.07) is 5.01. The van der Waals surface area contributed by atoms with Crippen LogP contribution in [0.1, 0.15) is 23.2 Å². The summed E-state index contributed by atoms with van der Waals surface area (Å²) in [6.45, 7) is 0.825. The fourth-order valence-electron chi connectivity index (χ4n) is 2.16. The number of nitrogens with zero attached hydrogens (tertiary/aromatic N) is 1. The molecular weight excluding hydrogens is 246 g/mol. The second-order valence-corrected chi connectivity index (χ2v) is 4.44. The minimum Gasteiger partial charge on any atom is -0.493 e. The van der Waals surface area contributed by atoms with Crippen LogP contribution in [-0.4, -0.2) is 43.9 Å². The molecule has 1 heterocycles. The van der Waals surface area contributed by atoms with Gasteiger partial charge in [0.25, 0.3) is 5.91 Å². The third-order valence-corrected chi connectivity index (χ3v) is 3.17. The smallest absolute Gasteiger partial charge is 0.254 e. The average Bonchev–Trinajstić information content (AvgIpc) is 2.45. The van der Waals surface area contributed by atoms with Crippen molar-refractivity contribution in [3.05, 3.63) is 23.8 Å². The van der Waals surface area contributed by atoms with Gasteiger partial charge in [0.1, 0.15) is 0 Å². The van der Waals surface area contributed by atoms with Crippen LogP contribution in [0, 0.1) is 0 Å². The summed E-state index contributed by atoms with van der Waals surface area (Å²) in [5, 5.41) is 0. The zero-order valence-corrected chi connectivity index (χ0v) is 11.1. The number of carbonyl (C=O) groups is 2. The van der Waals surface area contributed by atoms with Crippen LogP contribution in [-0.2, 0) is 4.79 Å². The van der Waals surface area contributed by atoms with Crippen molar-refractivity contribution in [2.24, 2.45) is 0 Å². The maximum Gasteiger partial charge on any atom is 0.254 e. The SMILES string of the molecule is COc1ccc(C(=O)N2CCCC(=O)C2)cc1OC. The first-order valence-electron chi connectivity index (χ1n) is 6.18. The van der Waals surface area contributed by atoms with Gasteiger partial charge in [0.2, 0.25) is 0 Å². The second kappa shape index (κ2) is 5.73. The van der Waals surface area contributed by atoms with Gasteiger partial charge in [0.15, 0.2) is 17.3 Å². The van der Waals surface area contributed by atoms with Gasteiger partial charge in [-0.15, -0.1) is 0 Å². The van der Waals surface area contributed by atoms with Crippen molar-refractivity contribution in [3.8, 4) is 11.5 Å². The molecule has 0 radical (unpaired) electrons. The number of hydrogen-bond acceptors (Lipinski definition) is 4. The van der Waals surface area contributed by atoms with E-state index >= 15 is 0 Å². The van der Waals surface area contributed by atoms with Gasteiger partial charge in [-0.2, -0.15) is 0 Å². The monoisotopic (exact) mass is 263 g/mol. The molecule has 0 bridgehead atoms. The van der Waals surface area contributed by atoms with Crippen molar-refractivity contribution in [2.75, 3.05) is 27.3 Å². The quantitative estimate of drug-likeness (QED) is 0.829. The number of piperidine rings is 1. The number of amides is 1. The van der Waals surface area contributed by atoms with Gasteiger partial charge < -0.3 is 14.4 Å². The summed E-state index contributed by atoms with van der Waals surface area (Å²) in [5.41, 5.74) is 0.507. The number of Topliss-reactive ketones (excluding diaryl/α,β-unsaturated/α-hetero) is 1. The number of ether oxygens (including phenoxy) is 2. The Morgan fingerprint density at radius 1 is 1.21 bits per heavy atom. The van der Waals surface area contributed by atoms with E-state index in [-0.39, 0.29) is 18.2 Å². The molecule has 102 valence electrons. The van der Waals surface area contributed by atoms with Crippen LogP contribution < -0.4 is 9.47 Å². The van der Waals surface area contributed by atoms with Gasteiger partial charge >= 0.3 is 0 Å². The van der Waals surface area contributed by atoms with Crippen LogP contribution in [0.25, 0.3) is 0 Å². The van der Waals surface area contributed by atoms with Gasteiger partial charge in [-0.05, 0) is 24.6 Å². The standard InChI is InChI=1S/C14H17NO4/c1-18-12-6-5-10(8-13(12)19-2)14(17)15-7-3-4-11(16)9-15/h5-6,8H,3-4,7,9H2,1-2H3. The molecule has 0 aromatic heterocycles. The largest absolute Gasteiger partial charge is 0.493 e. The molecule has 0 N–H and O–H groups in total. The first-order valence-corrected chi connectivity index (χ1v) is 6.18. The van der Waals surface area contributed by atoms with Crippen LogP contribution >= 0.6 is 0 Å². The minimum absolute atomic E-state index is 0.111. The number of likely N-dealkylation sites (tertiary alicyclic amines) is 1. The molecular formula is C14H17NO4. The maximum absolute atomic E-state index is 12.3. The fourth-order valence-corrected chi connectivity index (χ4v) is 2.16. The lowest BCUT2D eigenvalue weighted by Crippen LogP contribution is -2.40. The van der Waals surface area contributed by atoms with Crippen LogP contribution in [0.2, 0.25) is 0 Å². The van der Waals surface area contributed by atoms with Gasteiger partial charge in [0, 0.05) is 18.5 Å². The van der Waals surface area contributed by atoms with Gasteiger partial charge in [-0.1, -0.05) is 0 Å². The van der Waals surface area contributed by atoms with Crippen LogP contribution in [0.3, 0.4) is 0 Å². The molecule has 0 saturated carbocycles. The molecule has 1 fully saturated rings. The molecule has 0 aliphatic carbocycles. The van der Waals surface area contributed by atoms with Crippen molar-refractivity contribution >= 4 is 11.7 Å². The lowest BCUT2D eigenvalue weighted by molar-refractivity contribution is -0.121. The Morgan fingerprint density at radius 2 is 1.95 bits per heavy atom. The van der Waals surface area contributed by atoms with Crippen molar-refractivity contribution in [3.63, 3.8) is 0 Å². The highest BCUT2D eigenvalue weighted by Gasteiger charge is 2.23. The molecule has 1 aromatic carbocycles. The average molecular weight is 263 g/mol. The molecule has 5 nitrogen and oxygen atoms in total. The van der Waals surface area contributed by atoms with Crippen LogP contribution in [0.5, 0.6) is 11.5 Å². The normalized spacial score (nSPS) is 15.3. The highest BCUT2D eigenvalue weighted by atomic mass is 16.5. The molecule has 1 amide bonds. The summed E-state index contributed by atoms with van der Waals surface area (Å²) in [5.74, 6) is 1.06. The lowest BCUT2D eigenvalue weighted by Gasteiger charge is -2.26. The van der Waals surface area contributed by atoms with Gasteiger partial charge in [-0.3, -0.25) is 9.59 Å². The second-order valence-electron chi connectivity index (χ2n) is 4.44. The van der Waals surface area contributed by atoms with Crippen molar-refractivity contribution in [1.82, 2.24) is 4.90 Å². The Hall–Kier alpha value is -2.04. The number of carbonyl (C=O) groups excluding carboxylic acids is 2. The molecule has 0 unspecified atom stereocenters. The molecule has 0 atom stereocenters. The van der Waals surface area contributed by atoms with Crippen LogP contribution in [0.15, 0.2) is 18.2 Å². The Labute approximate surface area is 112 Å². The zero-order chi connectivity index (χ0) is 13.8. The third-order valence-electron chi connectivity index (χ3n) is 3.17. The highest BCUT2D eigenvalue weighted by molar-refractivity contribution is 5.97. The predicted molar refractivity (Wildman–Crippen MR) is 69.7 cm³/mol. The first-order chi connectivity index (χ1) is 9.15. The van der Waals surface area contributed by atoms with E-state index < -0.39 is 0 Å². The van der Waals surface area contributed by atoms with Crippen molar-refractivity contribution in [1.29, 1.82) is 0 Å². The molecule has 1 saturated heterocycles. The van der Waals surface area contributed by atoms with Crippen molar-refractivity contribution in [2.45, 2.75) is 12.8 Å². The van der Waals surface area contributed by atoms with Gasteiger partial charge in [-0.25, -0.2) is 0 Å². The Bertz CT molecular complexity index is 498. The van der Waals surface area contributed by atoms with E-state index in [0.717, 1.165) is 6.42 Å². The van der Waals surface area contributed by atoms with E-state index in [1.54, 1.807) is 30.2 Å². The maximum atomic E-state index is 12.3. The number of ketones is 1. The van der Waals surface area contributed by atoms with Crippen LogP contribution in [0.4, 0.5) is 0 Å². The van der Waals surface area contributed by atoms with E-state index in [9.17, 15) is 9.59 Å². The third kappa shape index (κ3) is 2.86. The van der Waals surface area contributed by atoms with E-state index in [4.69, 9.17) is 9.47 Å². The molecule has 5 heteroatoms. The number of hydrogen-bond donors (Lipinski definition) is 0. The van der Waals surface area contributed by atoms with Crippen molar-refractivity contribution < 1.29 is 19.1 Å². The Balaban J connectivity index is 2.21. The molecule has 0 spiro atoms. The molecule has 1 aromatic rings. The number of benzene rings is 1. The number of rotatable bonds is 3. The number of methoxy groups -OCH3 is 2. The van der Waals surface area contributed by atoms with E-state index in [1.807, 2.05) is 0 Å². The highest BCUT2D eigenvalue weighted by Crippen LogP contribution is 2.28. The van der Waals surface area contributed by atoms with Gasteiger partial charge in [0.05, 0.1) is 20.8 Å². The molecule has 1 aliphatic rings. The molecule has 1 aliphatic heterocycles. The predicted octanol–water partition coefficient (Wildman–Crippen LogP) is 1.51. The molecule has 2 rings (SSSR count). The minimum atomic E-state index is -0.144. The van der Waals surface area contributed by atoms with E-state index in [0.29, 0.717) is 30.0 Å². The first kappa shape index (κ1) is 13.4. The van der Waals surface area contributed by atoms with E-state index in [2.05, 4.69) is 0 Å². The lowest BCUT2D eigenvalue weighted by atomic mass is 10.1. The Morgan fingerprint density at radius 3 is 2.58 bits per heavy atom. The fraction of sp³-hybridized carbons (Fsp3) is 0.429. The summed E-state index contributed by atoms with van der Waals surface area (Å²) >= 11 is 0. The molecule has 19 heavy (non-hydrogen) atoms. The topological polar surface area (TPSA) is 55.8 Å². The summed E-state index contributed by atoms with van der Waals surface area (Å²) in [7, 11) is 3.07. The summed E-state index contributed by atoms with van der Waals surface area (Å²) < 4.78 is 10.3.